The Hall–Kier alpha value is -4.88. The molecule has 5 rings (SSSR count). The smallest absolute Gasteiger partial charge is 0.450 e. The molecule has 0 radical (unpaired) electrons. The highest BCUT2D eigenvalue weighted by molar-refractivity contribution is 5.63. The van der Waals surface area contributed by atoms with E-state index in [0.717, 1.165) is 22.5 Å². The average Bonchev–Trinajstić information content (AvgIpc) is 3.73. The van der Waals surface area contributed by atoms with Crippen molar-refractivity contribution in [2.75, 3.05) is 55.8 Å². The van der Waals surface area contributed by atoms with E-state index in [0.29, 0.717) is 32.5 Å². The lowest BCUT2D eigenvalue weighted by atomic mass is 10.0. The number of nitrogens with zero attached hydrogens (tertiary/aromatic N) is 2. The summed E-state index contributed by atoms with van der Waals surface area (Å²) in [6.45, 7) is 3.58. The van der Waals surface area contributed by atoms with Crippen molar-refractivity contribution in [3.05, 3.63) is 59.7 Å². The quantitative estimate of drug-likeness (QED) is 0.240. The number of anilines is 2. The van der Waals surface area contributed by atoms with Gasteiger partial charge in [0, 0.05) is 11.4 Å². The first-order valence-electron chi connectivity index (χ1n) is 14.3. The average molecular weight is 615 g/mol. The molecular formula is C30H34N2O12. The third-order valence-electron chi connectivity index (χ3n) is 7.38. The van der Waals surface area contributed by atoms with Crippen LogP contribution in [0.2, 0.25) is 0 Å². The van der Waals surface area contributed by atoms with Crippen LogP contribution in [0.5, 0.6) is 0 Å². The Bertz CT molecular complexity index is 1290. The summed E-state index contributed by atoms with van der Waals surface area (Å²) in [5.74, 6) is 0. The summed E-state index contributed by atoms with van der Waals surface area (Å²) in [6.07, 6.45) is -4.29. The van der Waals surface area contributed by atoms with Gasteiger partial charge >= 0.3 is 24.6 Å². The van der Waals surface area contributed by atoms with E-state index in [9.17, 15) is 19.2 Å². The molecule has 0 spiro atoms. The lowest BCUT2D eigenvalue weighted by molar-refractivity contribution is 0.0520. The molecule has 4 unspecified atom stereocenters. The Kier molecular flexibility index (Phi) is 9.77. The van der Waals surface area contributed by atoms with E-state index in [4.69, 9.17) is 38.3 Å². The minimum absolute atomic E-state index is 0.122. The fourth-order valence-corrected chi connectivity index (χ4v) is 5.20. The molecule has 2 aromatic rings. The zero-order chi connectivity index (χ0) is 31.1. The van der Waals surface area contributed by atoms with Gasteiger partial charge in [0.05, 0.1) is 26.2 Å². The summed E-state index contributed by atoms with van der Waals surface area (Å²) in [5.41, 5.74) is 3.79. The van der Waals surface area contributed by atoms with E-state index in [-0.39, 0.29) is 26.4 Å². The Balaban J connectivity index is 1.24. The number of hydrogen-bond acceptors (Lipinski definition) is 13. The van der Waals surface area contributed by atoms with Gasteiger partial charge in [0.2, 0.25) is 0 Å². The largest absolute Gasteiger partial charge is 0.508 e. The SMILES string of the molecule is CCC(CN(CC1COC(=O)O1)c1ccc(Cc2ccc(N(CC3COC(=O)O3)CC3COC(=O)O3)cc2)cc1)OC(=O)O. The lowest BCUT2D eigenvalue weighted by Crippen LogP contribution is -2.40. The summed E-state index contributed by atoms with van der Waals surface area (Å²) in [4.78, 5) is 49.3. The van der Waals surface area contributed by atoms with Gasteiger partial charge in [-0.25, -0.2) is 19.2 Å². The van der Waals surface area contributed by atoms with Crippen LogP contribution in [-0.4, -0.2) is 100 Å². The van der Waals surface area contributed by atoms with Gasteiger partial charge in [0.15, 0.2) is 18.3 Å². The second-order valence-corrected chi connectivity index (χ2v) is 10.6. The van der Waals surface area contributed by atoms with Gasteiger partial charge in [-0.05, 0) is 48.2 Å². The summed E-state index contributed by atoms with van der Waals surface area (Å²) in [5, 5.41) is 9.11. The minimum Gasteiger partial charge on any atom is -0.450 e. The molecule has 44 heavy (non-hydrogen) atoms. The van der Waals surface area contributed by atoms with Crippen molar-refractivity contribution in [2.24, 2.45) is 0 Å². The first-order chi connectivity index (χ1) is 21.2. The Morgan fingerprint density at radius 2 is 1.16 bits per heavy atom. The van der Waals surface area contributed by atoms with Crippen LogP contribution in [0.1, 0.15) is 24.5 Å². The van der Waals surface area contributed by atoms with Crippen LogP contribution >= 0.6 is 0 Å². The zero-order valence-electron chi connectivity index (χ0n) is 24.1. The number of benzene rings is 2. The van der Waals surface area contributed by atoms with E-state index >= 15 is 0 Å². The molecule has 14 heteroatoms. The molecule has 0 aliphatic carbocycles. The maximum Gasteiger partial charge on any atom is 0.508 e. The van der Waals surface area contributed by atoms with Gasteiger partial charge in [0.1, 0.15) is 25.9 Å². The number of hydrogen-bond donors (Lipinski definition) is 1. The van der Waals surface area contributed by atoms with E-state index < -0.39 is 49.0 Å². The van der Waals surface area contributed by atoms with Crippen LogP contribution in [-0.2, 0) is 39.6 Å². The van der Waals surface area contributed by atoms with Gasteiger partial charge in [0.25, 0.3) is 0 Å². The van der Waals surface area contributed by atoms with Crippen molar-refractivity contribution >= 4 is 36.0 Å². The van der Waals surface area contributed by atoms with Gasteiger partial charge in [-0.1, -0.05) is 31.2 Å². The highest BCUT2D eigenvalue weighted by Gasteiger charge is 2.32. The Morgan fingerprint density at radius 3 is 1.52 bits per heavy atom. The lowest BCUT2D eigenvalue weighted by Gasteiger charge is -2.29. The Morgan fingerprint density at radius 1 is 0.750 bits per heavy atom. The van der Waals surface area contributed by atoms with Crippen LogP contribution in [0.3, 0.4) is 0 Å². The maximum absolute atomic E-state index is 11.4. The van der Waals surface area contributed by atoms with E-state index in [1.54, 1.807) is 0 Å². The van der Waals surface area contributed by atoms with Crippen LogP contribution in [0, 0.1) is 0 Å². The first-order valence-corrected chi connectivity index (χ1v) is 14.3. The van der Waals surface area contributed by atoms with Crippen molar-refractivity contribution in [3.8, 4) is 0 Å². The number of carboxylic acid groups (broad SMARTS) is 1. The zero-order valence-corrected chi connectivity index (χ0v) is 24.1. The van der Waals surface area contributed by atoms with Gasteiger partial charge in [-0.15, -0.1) is 0 Å². The number of rotatable bonds is 14. The maximum atomic E-state index is 11.4. The molecule has 3 aliphatic heterocycles. The van der Waals surface area contributed by atoms with Crippen molar-refractivity contribution < 1.29 is 57.4 Å². The molecule has 2 aromatic carbocycles. The standard InChI is InChI=1S/C30H34N2O12/c1-2-23(41-27(33)34)12-31(13-24-16-38-28(35)42-24)21-7-3-19(4-8-21)11-20-5-9-22(10-6-20)32(14-25-17-39-29(36)43-25)15-26-18-40-30(37)44-26/h3-10,23-26H,2,11-18H2,1H3,(H,33,34). The summed E-state index contributed by atoms with van der Waals surface area (Å²) in [6, 6.07) is 15.8. The van der Waals surface area contributed by atoms with Gasteiger partial charge in [-0.3, -0.25) is 0 Å². The predicted molar refractivity (Wildman–Crippen MR) is 152 cm³/mol. The third kappa shape index (κ3) is 8.36. The predicted octanol–water partition coefficient (Wildman–Crippen LogP) is 3.97. The summed E-state index contributed by atoms with van der Waals surface area (Å²) in [7, 11) is 0. The van der Waals surface area contributed by atoms with Crippen molar-refractivity contribution in [1.29, 1.82) is 0 Å². The molecule has 3 saturated heterocycles. The summed E-state index contributed by atoms with van der Waals surface area (Å²) >= 11 is 0. The topological polar surface area (TPSA) is 160 Å². The van der Waals surface area contributed by atoms with Crippen molar-refractivity contribution in [3.63, 3.8) is 0 Å². The van der Waals surface area contributed by atoms with E-state index in [2.05, 4.69) is 0 Å². The molecule has 236 valence electrons. The molecule has 1 N–H and O–H groups in total. The van der Waals surface area contributed by atoms with Crippen LogP contribution in [0.25, 0.3) is 0 Å². The van der Waals surface area contributed by atoms with Crippen molar-refractivity contribution in [2.45, 2.75) is 44.2 Å². The van der Waals surface area contributed by atoms with Gasteiger partial charge in [-0.2, -0.15) is 0 Å². The second-order valence-electron chi connectivity index (χ2n) is 10.6. The van der Waals surface area contributed by atoms with Crippen LogP contribution in [0.15, 0.2) is 48.5 Å². The number of carbonyl (C=O) groups is 4. The van der Waals surface area contributed by atoms with Crippen LogP contribution < -0.4 is 9.80 Å². The molecule has 0 aromatic heterocycles. The molecule has 3 heterocycles. The molecule has 4 atom stereocenters. The molecular weight excluding hydrogens is 580 g/mol. The molecule has 14 nitrogen and oxygen atoms in total. The normalized spacial score (nSPS) is 21.3. The van der Waals surface area contributed by atoms with E-state index in [1.165, 1.54) is 0 Å². The molecule has 3 aliphatic rings. The highest BCUT2D eigenvalue weighted by Crippen LogP contribution is 2.24. The minimum atomic E-state index is -1.34. The fraction of sp³-hybridized carbons (Fsp3) is 0.467. The molecule has 3 fully saturated rings. The monoisotopic (exact) mass is 614 g/mol. The Labute approximate surface area is 253 Å². The second kappa shape index (κ2) is 14.1. The number of carbonyl (C=O) groups excluding carboxylic acids is 3. The number of cyclic esters (lactones) is 6. The number of ether oxygens (including phenoxy) is 7. The van der Waals surface area contributed by atoms with E-state index in [1.807, 2.05) is 65.3 Å². The van der Waals surface area contributed by atoms with Crippen molar-refractivity contribution in [1.82, 2.24) is 0 Å². The molecule has 0 amide bonds. The van der Waals surface area contributed by atoms with Crippen LogP contribution in [0.4, 0.5) is 30.6 Å². The highest BCUT2D eigenvalue weighted by atomic mass is 16.8. The first kappa shape index (κ1) is 30.6. The fourth-order valence-electron chi connectivity index (χ4n) is 5.20. The summed E-state index contributed by atoms with van der Waals surface area (Å²) < 4.78 is 35.4. The van der Waals surface area contributed by atoms with Gasteiger partial charge < -0.3 is 48.1 Å². The molecule has 0 bridgehead atoms. The third-order valence-corrected chi connectivity index (χ3v) is 7.38. The molecule has 0 saturated carbocycles.